The standard InChI is InChI=1S/C16H15N3O4S/c1-11-3-2-4-14(9-11)23-10-15(20)18-16(24)17-12-5-7-13(8-6-12)19(21)22/h2-9H,10H2,1H3,(H2,17,18,20,24). The van der Waals surface area contributed by atoms with Gasteiger partial charge in [0.2, 0.25) is 0 Å². The molecule has 0 spiro atoms. The molecule has 0 unspecified atom stereocenters. The summed E-state index contributed by atoms with van der Waals surface area (Å²) in [6, 6.07) is 13.0. The van der Waals surface area contributed by atoms with Crippen LogP contribution in [0.3, 0.4) is 0 Å². The minimum Gasteiger partial charge on any atom is -0.484 e. The summed E-state index contributed by atoms with van der Waals surface area (Å²) in [7, 11) is 0. The van der Waals surface area contributed by atoms with Crippen LogP contribution in [-0.4, -0.2) is 22.5 Å². The number of nitro benzene ring substituents is 1. The zero-order valence-electron chi connectivity index (χ0n) is 12.8. The van der Waals surface area contributed by atoms with Crippen molar-refractivity contribution >= 4 is 34.6 Å². The smallest absolute Gasteiger partial charge is 0.269 e. The Morgan fingerprint density at radius 3 is 2.58 bits per heavy atom. The molecule has 0 aliphatic carbocycles. The summed E-state index contributed by atoms with van der Waals surface area (Å²) >= 11 is 5.02. The molecule has 2 rings (SSSR count). The maximum Gasteiger partial charge on any atom is 0.269 e. The van der Waals surface area contributed by atoms with Crippen molar-refractivity contribution in [1.29, 1.82) is 0 Å². The number of hydrogen-bond donors (Lipinski definition) is 2. The van der Waals surface area contributed by atoms with E-state index < -0.39 is 10.8 Å². The molecule has 0 heterocycles. The van der Waals surface area contributed by atoms with Crippen molar-refractivity contribution in [1.82, 2.24) is 5.32 Å². The molecule has 0 aliphatic rings. The first-order valence-electron chi connectivity index (χ1n) is 6.99. The average molecular weight is 345 g/mol. The molecule has 8 heteroatoms. The number of rotatable bonds is 5. The quantitative estimate of drug-likeness (QED) is 0.492. The highest BCUT2D eigenvalue weighted by molar-refractivity contribution is 7.80. The molecule has 124 valence electrons. The molecule has 1 amide bonds. The molecule has 0 aromatic heterocycles. The van der Waals surface area contributed by atoms with Crippen LogP contribution in [0.2, 0.25) is 0 Å². The minimum atomic E-state index is -0.494. The molecular weight excluding hydrogens is 330 g/mol. The number of anilines is 1. The van der Waals surface area contributed by atoms with Gasteiger partial charge < -0.3 is 10.1 Å². The third-order valence-electron chi connectivity index (χ3n) is 2.95. The predicted molar refractivity (Wildman–Crippen MR) is 94.1 cm³/mol. The SMILES string of the molecule is Cc1cccc(OCC(=O)NC(=S)Nc2ccc([N+](=O)[O-])cc2)c1. The van der Waals surface area contributed by atoms with Crippen molar-refractivity contribution in [2.45, 2.75) is 6.92 Å². The number of aryl methyl sites for hydroxylation is 1. The van der Waals surface area contributed by atoms with Gasteiger partial charge in [-0.2, -0.15) is 0 Å². The number of benzene rings is 2. The molecular formula is C16H15N3O4S. The van der Waals surface area contributed by atoms with Crippen LogP contribution in [0.5, 0.6) is 5.75 Å². The van der Waals surface area contributed by atoms with E-state index in [1.807, 2.05) is 25.1 Å². The highest BCUT2D eigenvalue weighted by Gasteiger charge is 2.08. The Morgan fingerprint density at radius 1 is 1.25 bits per heavy atom. The number of non-ortho nitro benzene ring substituents is 1. The van der Waals surface area contributed by atoms with E-state index in [2.05, 4.69) is 10.6 Å². The van der Waals surface area contributed by atoms with Gasteiger partial charge in [-0.25, -0.2) is 0 Å². The van der Waals surface area contributed by atoms with Crippen molar-refractivity contribution in [3.63, 3.8) is 0 Å². The van der Waals surface area contributed by atoms with Crippen LogP contribution in [-0.2, 0) is 4.79 Å². The second kappa shape index (κ2) is 8.02. The van der Waals surface area contributed by atoms with Gasteiger partial charge in [-0.15, -0.1) is 0 Å². The molecule has 0 fully saturated rings. The van der Waals surface area contributed by atoms with Gasteiger partial charge in [0.05, 0.1) is 4.92 Å². The van der Waals surface area contributed by atoms with Gasteiger partial charge >= 0.3 is 0 Å². The number of nitrogens with zero attached hydrogens (tertiary/aromatic N) is 1. The van der Waals surface area contributed by atoms with E-state index in [0.717, 1.165) is 5.56 Å². The molecule has 0 bridgehead atoms. The van der Waals surface area contributed by atoms with E-state index in [0.29, 0.717) is 11.4 Å². The molecule has 2 aromatic carbocycles. The largest absolute Gasteiger partial charge is 0.484 e. The normalized spacial score (nSPS) is 9.88. The van der Waals surface area contributed by atoms with Gasteiger partial charge in [0.15, 0.2) is 11.7 Å². The molecule has 0 saturated heterocycles. The Balaban J connectivity index is 1.81. The fourth-order valence-electron chi connectivity index (χ4n) is 1.85. The summed E-state index contributed by atoms with van der Waals surface area (Å²) in [5.41, 5.74) is 1.54. The number of carbonyl (C=O) groups is 1. The molecule has 0 aliphatic heterocycles. The third kappa shape index (κ3) is 5.33. The Labute approximate surface area is 143 Å². The first-order chi connectivity index (χ1) is 11.4. The molecule has 24 heavy (non-hydrogen) atoms. The highest BCUT2D eigenvalue weighted by Crippen LogP contribution is 2.15. The van der Waals surface area contributed by atoms with Gasteiger partial charge in [-0.3, -0.25) is 20.2 Å². The van der Waals surface area contributed by atoms with E-state index in [1.165, 1.54) is 24.3 Å². The maximum absolute atomic E-state index is 11.8. The van der Waals surface area contributed by atoms with Crippen LogP contribution in [0.15, 0.2) is 48.5 Å². The van der Waals surface area contributed by atoms with E-state index >= 15 is 0 Å². The topological polar surface area (TPSA) is 93.5 Å². The Morgan fingerprint density at radius 2 is 1.96 bits per heavy atom. The van der Waals surface area contributed by atoms with Gasteiger partial charge in [0, 0.05) is 17.8 Å². The first kappa shape index (κ1) is 17.4. The molecule has 0 atom stereocenters. The van der Waals surface area contributed by atoms with E-state index in [4.69, 9.17) is 17.0 Å². The van der Waals surface area contributed by atoms with E-state index in [9.17, 15) is 14.9 Å². The van der Waals surface area contributed by atoms with Crippen molar-refractivity contribution in [2.24, 2.45) is 0 Å². The number of nitro groups is 1. The van der Waals surface area contributed by atoms with Crippen LogP contribution < -0.4 is 15.4 Å². The molecule has 2 N–H and O–H groups in total. The van der Waals surface area contributed by atoms with Crippen LogP contribution >= 0.6 is 12.2 Å². The predicted octanol–water partition coefficient (Wildman–Crippen LogP) is 2.80. The number of nitrogens with one attached hydrogen (secondary N) is 2. The maximum atomic E-state index is 11.8. The summed E-state index contributed by atoms with van der Waals surface area (Å²) in [6.45, 7) is 1.75. The fourth-order valence-corrected chi connectivity index (χ4v) is 2.08. The first-order valence-corrected chi connectivity index (χ1v) is 7.39. The minimum absolute atomic E-state index is 0.0259. The van der Waals surface area contributed by atoms with Crippen molar-refractivity contribution in [3.8, 4) is 5.75 Å². The average Bonchev–Trinajstić information content (AvgIpc) is 2.53. The fraction of sp³-hybridized carbons (Fsp3) is 0.125. The number of ether oxygens (including phenoxy) is 1. The van der Waals surface area contributed by atoms with E-state index in [1.54, 1.807) is 6.07 Å². The highest BCUT2D eigenvalue weighted by atomic mass is 32.1. The van der Waals surface area contributed by atoms with Crippen molar-refractivity contribution in [3.05, 3.63) is 64.2 Å². The van der Waals surface area contributed by atoms with Gasteiger partial charge in [0.25, 0.3) is 11.6 Å². The second-order valence-electron chi connectivity index (χ2n) is 4.91. The summed E-state index contributed by atoms with van der Waals surface area (Å²) in [5, 5.41) is 15.9. The van der Waals surface area contributed by atoms with Gasteiger partial charge in [-0.1, -0.05) is 12.1 Å². The van der Waals surface area contributed by atoms with Crippen molar-refractivity contribution < 1.29 is 14.5 Å². The lowest BCUT2D eigenvalue weighted by Crippen LogP contribution is -2.37. The summed E-state index contributed by atoms with van der Waals surface area (Å²) in [5.74, 6) is 0.190. The summed E-state index contributed by atoms with van der Waals surface area (Å²) in [4.78, 5) is 21.9. The van der Waals surface area contributed by atoms with Crippen LogP contribution in [0.4, 0.5) is 11.4 Å². The van der Waals surface area contributed by atoms with Gasteiger partial charge in [0.1, 0.15) is 5.75 Å². The van der Waals surface area contributed by atoms with E-state index in [-0.39, 0.29) is 17.4 Å². The zero-order chi connectivity index (χ0) is 17.5. The number of carbonyl (C=O) groups excluding carboxylic acids is 1. The number of hydrogen-bond acceptors (Lipinski definition) is 5. The van der Waals surface area contributed by atoms with Crippen molar-refractivity contribution in [2.75, 3.05) is 11.9 Å². The van der Waals surface area contributed by atoms with Gasteiger partial charge in [-0.05, 0) is 49.0 Å². The van der Waals surface area contributed by atoms with Crippen LogP contribution in [0.25, 0.3) is 0 Å². The molecule has 2 aromatic rings. The number of thiocarbonyl (C=S) groups is 1. The second-order valence-corrected chi connectivity index (χ2v) is 5.32. The Kier molecular flexibility index (Phi) is 5.80. The third-order valence-corrected chi connectivity index (χ3v) is 3.15. The zero-order valence-corrected chi connectivity index (χ0v) is 13.6. The Bertz CT molecular complexity index is 762. The van der Waals surface area contributed by atoms with Crippen LogP contribution in [0, 0.1) is 17.0 Å². The molecule has 0 radical (unpaired) electrons. The Hall–Kier alpha value is -3.00. The summed E-state index contributed by atoms with van der Waals surface area (Å²) < 4.78 is 5.37. The summed E-state index contributed by atoms with van der Waals surface area (Å²) in [6.07, 6.45) is 0. The number of amides is 1. The lowest BCUT2D eigenvalue weighted by atomic mass is 10.2. The molecule has 0 saturated carbocycles. The lowest BCUT2D eigenvalue weighted by Gasteiger charge is -2.10. The lowest BCUT2D eigenvalue weighted by molar-refractivity contribution is -0.384. The monoisotopic (exact) mass is 345 g/mol. The van der Waals surface area contributed by atoms with Crippen LogP contribution in [0.1, 0.15) is 5.56 Å². The molecule has 7 nitrogen and oxygen atoms in total.